The van der Waals surface area contributed by atoms with E-state index < -0.39 is 0 Å². The maximum atomic E-state index is 5.65. The van der Waals surface area contributed by atoms with Gasteiger partial charge < -0.3 is 0 Å². The summed E-state index contributed by atoms with van der Waals surface area (Å²) in [7, 11) is 0. The molecule has 0 rings (SSSR count). The van der Waals surface area contributed by atoms with E-state index in [0.717, 1.165) is 13.1 Å². The number of hydrogen-bond acceptors (Lipinski definition) is 1. The van der Waals surface area contributed by atoms with Gasteiger partial charge in [0.2, 0.25) is 0 Å². The summed E-state index contributed by atoms with van der Waals surface area (Å²) in [5, 5.41) is 1.28. The summed E-state index contributed by atoms with van der Waals surface area (Å²) in [5.74, 6) is 0. The average Bonchev–Trinajstić information content (AvgIpc) is 1.87. The molecule has 0 atom stereocenters. The second kappa shape index (κ2) is 6.62. The van der Waals surface area contributed by atoms with E-state index in [1.54, 1.807) is 0 Å². The first-order valence-electron chi connectivity index (χ1n) is 4.72. The summed E-state index contributed by atoms with van der Waals surface area (Å²) in [6, 6.07) is 0. The molecule has 0 unspecified atom stereocenters. The molecular formula is C9H22NO+. The first kappa shape index (κ1) is 10.9. The number of hydroxylamine groups is 2. The third kappa shape index (κ3) is 6.32. The molecule has 0 aliphatic carbocycles. The Bertz CT molecular complexity index is 77.6. The molecular weight excluding hydrogens is 138 g/mol. The minimum absolute atomic E-state index is 0.350. The SMILES string of the molecule is CCC[NH+](CCC)OC(C)C. The molecule has 0 amide bonds. The van der Waals surface area contributed by atoms with Gasteiger partial charge in [0, 0.05) is 0 Å². The van der Waals surface area contributed by atoms with Crippen LogP contribution < -0.4 is 5.06 Å². The Morgan fingerprint density at radius 2 is 1.55 bits per heavy atom. The maximum absolute atomic E-state index is 5.65. The lowest BCUT2D eigenvalue weighted by Gasteiger charge is -2.18. The first-order valence-corrected chi connectivity index (χ1v) is 4.72. The predicted molar refractivity (Wildman–Crippen MR) is 47.5 cm³/mol. The van der Waals surface area contributed by atoms with Crippen molar-refractivity contribution in [2.45, 2.75) is 46.6 Å². The highest BCUT2D eigenvalue weighted by Gasteiger charge is 2.08. The fourth-order valence-corrected chi connectivity index (χ4v) is 1.13. The van der Waals surface area contributed by atoms with Crippen LogP contribution >= 0.6 is 0 Å². The molecule has 0 aromatic rings. The van der Waals surface area contributed by atoms with Gasteiger partial charge >= 0.3 is 0 Å². The van der Waals surface area contributed by atoms with Crippen molar-refractivity contribution in [1.82, 2.24) is 0 Å². The topological polar surface area (TPSA) is 13.7 Å². The fraction of sp³-hybridized carbons (Fsp3) is 1.00. The summed E-state index contributed by atoms with van der Waals surface area (Å²) in [5.41, 5.74) is 0. The Morgan fingerprint density at radius 1 is 1.09 bits per heavy atom. The Labute approximate surface area is 70.5 Å². The molecule has 11 heavy (non-hydrogen) atoms. The third-order valence-electron chi connectivity index (χ3n) is 1.46. The number of hydrogen-bond donors (Lipinski definition) is 1. The average molecular weight is 160 g/mol. The second-order valence-electron chi connectivity index (χ2n) is 3.21. The van der Waals surface area contributed by atoms with Crippen LogP contribution in [0.1, 0.15) is 40.5 Å². The summed E-state index contributed by atoms with van der Waals surface area (Å²) in [4.78, 5) is 5.65. The molecule has 0 saturated carbocycles. The number of quaternary nitrogens is 1. The Hall–Kier alpha value is -0.0800. The lowest BCUT2D eigenvalue weighted by Crippen LogP contribution is -3.11. The van der Waals surface area contributed by atoms with Crippen molar-refractivity contribution < 1.29 is 9.90 Å². The van der Waals surface area contributed by atoms with Crippen molar-refractivity contribution in [2.24, 2.45) is 0 Å². The van der Waals surface area contributed by atoms with Crippen LogP contribution in [-0.4, -0.2) is 19.2 Å². The predicted octanol–water partition coefficient (Wildman–Crippen LogP) is 1.03. The van der Waals surface area contributed by atoms with E-state index in [0.29, 0.717) is 6.10 Å². The van der Waals surface area contributed by atoms with Crippen LogP contribution in [0, 0.1) is 0 Å². The molecule has 0 radical (unpaired) electrons. The van der Waals surface area contributed by atoms with Gasteiger partial charge in [-0.15, -0.1) is 0 Å². The standard InChI is InChI=1S/C9H21NO/c1-5-7-10(8-6-2)11-9(3)4/h9H,5-8H2,1-4H3/p+1. The molecule has 0 saturated heterocycles. The highest BCUT2D eigenvalue weighted by Crippen LogP contribution is 1.79. The van der Waals surface area contributed by atoms with E-state index in [-0.39, 0.29) is 0 Å². The van der Waals surface area contributed by atoms with E-state index in [4.69, 9.17) is 4.84 Å². The van der Waals surface area contributed by atoms with Crippen LogP contribution in [0.2, 0.25) is 0 Å². The molecule has 0 fully saturated rings. The molecule has 68 valence electrons. The molecule has 0 aromatic carbocycles. The van der Waals surface area contributed by atoms with Crippen molar-refractivity contribution in [1.29, 1.82) is 0 Å². The minimum Gasteiger partial charge on any atom is -0.202 e. The van der Waals surface area contributed by atoms with Crippen molar-refractivity contribution in [3.05, 3.63) is 0 Å². The fourth-order valence-electron chi connectivity index (χ4n) is 1.13. The van der Waals surface area contributed by atoms with E-state index >= 15 is 0 Å². The van der Waals surface area contributed by atoms with Crippen molar-refractivity contribution in [2.75, 3.05) is 13.1 Å². The van der Waals surface area contributed by atoms with Gasteiger partial charge in [0.1, 0.15) is 19.2 Å². The zero-order valence-electron chi connectivity index (χ0n) is 8.31. The smallest absolute Gasteiger partial charge is 0.111 e. The molecule has 0 bridgehead atoms. The van der Waals surface area contributed by atoms with Crippen molar-refractivity contribution in [3.63, 3.8) is 0 Å². The van der Waals surface area contributed by atoms with E-state index in [9.17, 15) is 0 Å². The van der Waals surface area contributed by atoms with Gasteiger partial charge in [0.05, 0.1) is 0 Å². The number of nitrogens with one attached hydrogen (secondary N) is 1. The summed E-state index contributed by atoms with van der Waals surface area (Å²) >= 11 is 0. The van der Waals surface area contributed by atoms with Gasteiger partial charge in [-0.1, -0.05) is 13.8 Å². The van der Waals surface area contributed by atoms with Gasteiger partial charge in [-0.2, -0.15) is 5.06 Å². The Kier molecular flexibility index (Phi) is 6.57. The molecule has 0 aliphatic rings. The summed E-state index contributed by atoms with van der Waals surface area (Å²) in [6.45, 7) is 10.8. The van der Waals surface area contributed by atoms with Crippen LogP contribution in [0.5, 0.6) is 0 Å². The van der Waals surface area contributed by atoms with Gasteiger partial charge in [-0.25, -0.2) is 4.84 Å². The molecule has 2 nitrogen and oxygen atoms in total. The monoisotopic (exact) mass is 160 g/mol. The number of rotatable bonds is 6. The van der Waals surface area contributed by atoms with E-state index in [1.165, 1.54) is 17.9 Å². The highest BCUT2D eigenvalue weighted by molar-refractivity contribution is 4.28. The van der Waals surface area contributed by atoms with Crippen LogP contribution in [0.4, 0.5) is 0 Å². The van der Waals surface area contributed by atoms with Crippen LogP contribution in [0.15, 0.2) is 0 Å². The minimum atomic E-state index is 0.350. The normalized spacial score (nSPS) is 11.5. The van der Waals surface area contributed by atoms with Crippen molar-refractivity contribution >= 4 is 0 Å². The second-order valence-corrected chi connectivity index (χ2v) is 3.21. The molecule has 1 N–H and O–H groups in total. The third-order valence-corrected chi connectivity index (χ3v) is 1.46. The van der Waals surface area contributed by atoms with Gasteiger partial charge in [0.25, 0.3) is 0 Å². The van der Waals surface area contributed by atoms with Gasteiger partial charge in [-0.05, 0) is 26.7 Å². The molecule has 0 aromatic heterocycles. The zero-order chi connectivity index (χ0) is 8.69. The van der Waals surface area contributed by atoms with Crippen LogP contribution in [-0.2, 0) is 4.84 Å². The van der Waals surface area contributed by atoms with E-state index in [1.807, 2.05) is 0 Å². The summed E-state index contributed by atoms with van der Waals surface area (Å²) in [6.07, 6.45) is 2.74. The lowest BCUT2D eigenvalue weighted by molar-refractivity contribution is -1.10. The van der Waals surface area contributed by atoms with E-state index in [2.05, 4.69) is 27.7 Å². The zero-order valence-corrected chi connectivity index (χ0v) is 8.31. The first-order chi connectivity index (χ1) is 5.20. The largest absolute Gasteiger partial charge is 0.202 e. The quantitative estimate of drug-likeness (QED) is 0.573. The van der Waals surface area contributed by atoms with Crippen LogP contribution in [0.25, 0.3) is 0 Å². The highest BCUT2D eigenvalue weighted by atomic mass is 16.7. The van der Waals surface area contributed by atoms with Crippen molar-refractivity contribution in [3.8, 4) is 0 Å². The molecule has 0 aliphatic heterocycles. The Balaban J connectivity index is 3.50. The van der Waals surface area contributed by atoms with Gasteiger partial charge in [-0.3, -0.25) is 0 Å². The molecule has 0 spiro atoms. The van der Waals surface area contributed by atoms with Gasteiger partial charge in [0.15, 0.2) is 0 Å². The maximum Gasteiger partial charge on any atom is 0.111 e. The molecule has 0 heterocycles. The Morgan fingerprint density at radius 3 is 1.82 bits per heavy atom. The van der Waals surface area contributed by atoms with Crippen LogP contribution in [0.3, 0.4) is 0 Å². The summed E-state index contributed by atoms with van der Waals surface area (Å²) < 4.78 is 0. The molecule has 2 heteroatoms. The lowest BCUT2D eigenvalue weighted by atomic mass is 10.4.